The summed E-state index contributed by atoms with van der Waals surface area (Å²) in [6.07, 6.45) is -4.67. The lowest BCUT2D eigenvalue weighted by Gasteiger charge is -2.08. The van der Waals surface area contributed by atoms with Gasteiger partial charge in [0.15, 0.2) is 0 Å². The Morgan fingerprint density at radius 3 is 2.07 bits per heavy atom. The number of aryl methyl sites for hydroxylation is 2. The van der Waals surface area contributed by atoms with Gasteiger partial charge in [-0.15, -0.1) is 13.2 Å². The maximum absolute atomic E-state index is 11.7. The van der Waals surface area contributed by atoms with Crippen LogP contribution < -0.4 is 4.74 Å². The van der Waals surface area contributed by atoms with Crippen LogP contribution in [0, 0.1) is 13.8 Å². The molecule has 0 aromatic carbocycles. The van der Waals surface area contributed by atoms with Gasteiger partial charge in [0, 0.05) is 11.8 Å². The SMILES string of the molecule is CC.Cc1ccc(OC(F)(F)F)nc1C. The molecule has 0 saturated heterocycles. The fourth-order valence-corrected chi connectivity index (χ4v) is 0.783. The normalized spacial score (nSPS) is 10.3. The van der Waals surface area contributed by atoms with E-state index in [1.807, 2.05) is 13.8 Å². The van der Waals surface area contributed by atoms with Crippen molar-refractivity contribution in [2.45, 2.75) is 34.1 Å². The predicted octanol–water partition coefficient (Wildman–Crippen LogP) is 3.62. The second kappa shape index (κ2) is 5.58. The first-order valence-electron chi connectivity index (χ1n) is 4.58. The van der Waals surface area contributed by atoms with Crippen molar-refractivity contribution in [3.8, 4) is 5.88 Å². The highest BCUT2D eigenvalue weighted by atomic mass is 19.4. The maximum Gasteiger partial charge on any atom is 0.574 e. The number of rotatable bonds is 1. The first kappa shape index (κ1) is 13.7. The zero-order valence-corrected chi connectivity index (χ0v) is 9.14. The van der Waals surface area contributed by atoms with Crippen molar-refractivity contribution in [1.29, 1.82) is 0 Å². The van der Waals surface area contributed by atoms with Crippen LogP contribution >= 0.6 is 0 Å². The van der Waals surface area contributed by atoms with Crippen LogP contribution in [0.3, 0.4) is 0 Å². The molecule has 0 amide bonds. The quantitative estimate of drug-likeness (QED) is 0.722. The van der Waals surface area contributed by atoms with Crippen molar-refractivity contribution in [1.82, 2.24) is 4.98 Å². The van der Waals surface area contributed by atoms with Crippen LogP contribution in [0.5, 0.6) is 5.88 Å². The Bertz CT molecular complexity index is 310. The van der Waals surface area contributed by atoms with Crippen LogP contribution in [0.25, 0.3) is 0 Å². The second-order valence-corrected chi connectivity index (χ2v) is 2.60. The molecule has 0 atom stereocenters. The molecular weight excluding hydrogens is 207 g/mol. The Labute approximate surface area is 87.1 Å². The summed E-state index contributed by atoms with van der Waals surface area (Å²) in [7, 11) is 0. The highest BCUT2D eigenvalue weighted by molar-refractivity contribution is 5.23. The van der Waals surface area contributed by atoms with Crippen molar-refractivity contribution in [3.63, 3.8) is 0 Å². The van der Waals surface area contributed by atoms with E-state index in [9.17, 15) is 13.2 Å². The number of aromatic nitrogens is 1. The van der Waals surface area contributed by atoms with Crippen molar-refractivity contribution < 1.29 is 17.9 Å². The minimum Gasteiger partial charge on any atom is -0.388 e. The lowest BCUT2D eigenvalue weighted by Crippen LogP contribution is -2.18. The molecule has 1 heterocycles. The highest BCUT2D eigenvalue weighted by Crippen LogP contribution is 2.21. The molecule has 0 bridgehead atoms. The Kier molecular flexibility index (Phi) is 5.11. The molecule has 0 saturated carbocycles. The third-order valence-electron chi connectivity index (χ3n) is 1.54. The van der Waals surface area contributed by atoms with E-state index in [0.717, 1.165) is 5.56 Å². The summed E-state index contributed by atoms with van der Waals surface area (Å²) in [5, 5.41) is 0. The number of pyridine rings is 1. The zero-order valence-electron chi connectivity index (χ0n) is 9.14. The average molecular weight is 221 g/mol. The van der Waals surface area contributed by atoms with Crippen LogP contribution in [0.2, 0.25) is 0 Å². The molecular formula is C10H14F3NO. The molecule has 2 nitrogen and oxygen atoms in total. The van der Waals surface area contributed by atoms with E-state index in [2.05, 4.69) is 9.72 Å². The Morgan fingerprint density at radius 1 is 1.13 bits per heavy atom. The number of halogens is 3. The average Bonchev–Trinajstić information content (AvgIpc) is 2.12. The fourth-order valence-electron chi connectivity index (χ4n) is 0.783. The third kappa shape index (κ3) is 5.24. The molecule has 0 aliphatic heterocycles. The number of hydrogen-bond acceptors (Lipinski definition) is 2. The number of nitrogens with zero attached hydrogens (tertiary/aromatic N) is 1. The van der Waals surface area contributed by atoms with Gasteiger partial charge in [0.25, 0.3) is 0 Å². The van der Waals surface area contributed by atoms with Gasteiger partial charge in [-0.3, -0.25) is 0 Å². The molecule has 0 aliphatic rings. The molecule has 1 aromatic heterocycles. The minimum atomic E-state index is -4.67. The lowest BCUT2D eigenvalue weighted by molar-refractivity contribution is -0.276. The first-order valence-corrected chi connectivity index (χ1v) is 4.58. The molecule has 1 aromatic rings. The van der Waals surface area contributed by atoms with Gasteiger partial charge < -0.3 is 4.74 Å². The van der Waals surface area contributed by atoms with Crippen LogP contribution in [0.1, 0.15) is 25.1 Å². The molecule has 0 spiro atoms. The van der Waals surface area contributed by atoms with Crippen molar-refractivity contribution >= 4 is 0 Å². The molecule has 86 valence electrons. The molecule has 1 rings (SSSR count). The summed E-state index contributed by atoms with van der Waals surface area (Å²) in [4.78, 5) is 3.62. The van der Waals surface area contributed by atoms with E-state index in [4.69, 9.17) is 0 Å². The predicted molar refractivity (Wildman–Crippen MR) is 51.7 cm³/mol. The molecule has 0 aliphatic carbocycles. The van der Waals surface area contributed by atoms with Crippen LogP contribution in [-0.4, -0.2) is 11.3 Å². The van der Waals surface area contributed by atoms with Gasteiger partial charge in [-0.2, -0.15) is 0 Å². The standard InChI is InChI=1S/C8H8F3NO.C2H6/c1-5-3-4-7(12-6(5)2)13-8(9,10)11;1-2/h3-4H,1-2H3;1-2H3. The Balaban J connectivity index is 0.000000921. The first-order chi connectivity index (χ1) is 6.88. The summed E-state index contributed by atoms with van der Waals surface area (Å²) in [6, 6.07) is 2.72. The lowest BCUT2D eigenvalue weighted by atomic mass is 10.2. The van der Waals surface area contributed by atoms with E-state index in [0.29, 0.717) is 5.69 Å². The molecule has 5 heteroatoms. The van der Waals surface area contributed by atoms with Crippen LogP contribution in [0.15, 0.2) is 12.1 Å². The van der Waals surface area contributed by atoms with Crippen LogP contribution in [0.4, 0.5) is 13.2 Å². The summed E-state index contributed by atoms with van der Waals surface area (Å²) in [5.74, 6) is -0.421. The maximum atomic E-state index is 11.7. The van der Waals surface area contributed by atoms with Gasteiger partial charge >= 0.3 is 6.36 Å². The van der Waals surface area contributed by atoms with Gasteiger partial charge in [-0.05, 0) is 19.4 Å². The van der Waals surface area contributed by atoms with E-state index < -0.39 is 12.2 Å². The second-order valence-electron chi connectivity index (χ2n) is 2.60. The summed E-state index contributed by atoms with van der Waals surface area (Å²) in [6.45, 7) is 7.39. The molecule has 0 N–H and O–H groups in total. The number of hydrogen-bond donors (Lipinski definition) is 0. The smallest absolute Gasteiger partial charge is 0.388 e. The van der Waals surface area contributed by atoms with Gasteiger partial charge in [-0.1, -0.05) is 19.9 Å². The summed E-state index contributed by atoms with van der Waals surface area (Å²) in [5.41, 5.74) is 1.36. The molecule has 0 fully saturated rings. The van der Waals surface area contributed by atoms with Gasteiger partial charge in [0.2, 0.25) is 5.88 Å². The van der Waals surface area contributed by atoms with Crippen molar-refractivity contribution in [2.24, 2.45) is 0 Å². The zero-order chi connectivity index (χ0) is 12.1. The summed E-state index contributed by atoms with van der Waals surface area (Å²) >= 11 is 0. The molecule has 0 radical (unpaired) electrons. The topological polar surface area (TPSA) is 22.1 Å². The summed E-state index contributed by atoms with van der Waals surface area (Å²) < 4.78 is 38.8. The van der Waals surface area contributed by atoms with E-state index in [-0.39, 0.29) is 0 Å². The Hall–Kier alpha value is -1.26. The van der Waals surface area contributed by atoms with Gasteiger partial charge in [-0.25, -0.2) is 4.98 Å². The number of alkyl halides is 3. The van der Waals surface area contributed by atoms with Crippen molar-refractivity contribution in [3.05, 3.63) is 23.4 Å². The van der Waals surface area contributed by atoms with E-state index in [1.165, 1.54) is 12.1 Å². The highest BCUT2D eigenvalue weighted by Gasteiger charge is 2.31. The fraction of sp³-hybridized carbons (Fsp3) is 0.500. The van der Waals surface area contributed by atoms with Crippen LogP contribution in [-0.2, 0) is 0 Å². The monoisotopic (exact) mass is 221 g/mol. The van der Waals surface area contributed by atoms with Gasteiger partial charge in [0.1, 0.15) is 0 Å². The largest absolute Gasteiger partial charge is 0.574 e. The third-order valence-corrected chi connectivity index (χ3v) is 1.54. The van der Waals surface area contributed by atoms with E-state index >= 15 is 0 Å². The van der Waals surface area contributed by atoms with E-state index in [1.54, 1.807) is 13.8 Å². The van der Waals surface area contributed by atoms with Crippen molar-refractivity contribution in [2.75, 3.05) is 0 Å². The van der Waals surface area contributed by atoms with Gasteiger partial charge in [0.05, 0.1) is 0 Å². The molecule has 0 unspecified atom stereocenters. The molecule has 15 heavy (non-hydrogen) atoms. The number of ether oxygens (including phenoxy) is 1. The Morgan fingerprint density at radius 2 is 1.67 bits per heavy atom. The minimum absolute atomic E-state index is 0.421.